The number of carbonyl (C=O) groups excluding carboxylic acids is 4. The number of nitrogens with one attached hydrogen (secondary N) is 1. The van der Waals surface area contributed by atoms with E-state index in [0.29, 0.717) is 48.9 Å². The zero-order valence-electron chi connectivity index (χ0n) is 32.3. The minimum absolute atomic E-state index is 0.0504. The summed E-state index contributed by atoms with van der Waals surface area (Å²) in [6, 6.07) is 31.3. The number of phenolic OH excluding ortho intramolecular Hbond substituents is 1. The number of rotatable bonds is 8. The minimum atomic E-state index is -1.63. The van der Waals surface area contributed by atoms with Crippen LogP contribution in [0.15, 0.2) is 142 Å². The monoisotopic (exact) mass is 886 g/mol. The average molecular weight is 888 g/mol. The maximum atomic E-state index is 15.3. The van der Waals surface area contributed by atoms with Crippen molar-refractivity contribution in [3.05, 3.63) is 153 Å². The molecule has 302 valence electrons. The normalized spacial score (nSPS) is 24.7. The molecule has 2 saturated heterocycles. The van der Waals surface area contributed by atoms with Gasteiger partial charge in [0.15, 0.2) is 0 Å². The van der Waals surface area contributed by atoms with Crippen LogP contribution in [0.3, 0.4) is 0 Å². The Morgan fingerprint density at radius 2 is 1.47 bits per heavy atom. The first-order chi connectivity index (χ1) is 28.9. The Morgan fingerprint density at radius 3 is 2.12 bits per heavy atom. The predicted octanol–water partition coefficient (Wildman–Crippen LogP) is 9.62. The summed E-state index contributed by atoms with van der Waals surface area (Å²) in [7, 11) is 3.91. The zero-order chi connectivity index (χ0) is 42.0. The van der Waals surface area contributed by atoms with Crippen molar-refractivity contribution in [1.29, 1.82) is 0 Å². The standard InChI is InChI=1S/C46H37BrClFN6O5/c1-53(2)32-16-12-29(13-17-32)50-51-30-14-18-33(19-15-30)54-42(57)35-21-20-34-36(40(35)44(54)59)24-38-43(58)55(52-31-10-8-28(49)9-11-31)45(60)46(38,25-3-6-27(48)7-4-25)41(34)37-23-26(47)5-22-39(37)56/h3-20,22-23,35-36,38,40-41,52,56H,21,24H2,1-2H3. The van der Waals surface area contributed by atoms with E-state index in [1.807, 2.05) is 49.3 Å². The molecule has 0 radical (unpaired) electrons. The molecule has 2 aliphatic carbocycles. The highest BCUT2D eigenvalue weighted by Crippen LogP contribution is 2.65. The molecule has 2 aliphatic heterocycles. The number of aromatic hydroxyl groups is 1. The Kier molecular flexibility index (Phi) is 9.91. The fraction of sp³-hybridized carbons (Fsp3) is 0.217. The van der Waals surface area contributed by atoms with Crippen LogP contribution in [0.1, 0.15) is 29.9 Å². The lowest BCUT2D eigenvalue weighted by Gasteiger charge is -2.50. The molecule has 0 aromatic heterocycles. The van der Waals surface area contributed by atoms with Gasteiger partial charge in [-0.05, 0) is 127 Å². The van der Waals surface area contributed by atoms with Gasteiger partial charge in [0.05, 0.1) is 45.9 Å². The van der Waals surface area contributed by atoms with Gasteiger partial charge < -0.3 is 10.0 Å². The lowest BCUT2D eigenvalue weighted by Crippen LogP contribution is -2.53. The van der Waals surface area contributed by atoms with E-state index in [4.69, 9.17) is 11.6 Å². The van der Waals surface area contributed by atoms with E-state index in [-0.39, 0.29) is 24.5 Å². The molecule has 14 heteroatoms. The van der Waals surface area contributed by atoms with E-state index in [0.717, 1.165) is 10.7 Å². The second-order valence-corrected chi connectivity index (χ2v) is 17.1. The Morgan fingerprint density at radius 1 is 0.817 bits per heavy atom. The molecular weight excluding hydrogens is 851 g/mol. The summed E-state index contributed by atoms with van der Waals surface area (Å²) in [5, 5.41) is 21.7. The summed E-state index contributed by atoms with van der Waals surface area (Å²) in [5.41, 5.74) is 5.75. The van der Waals surface area contributed by atoms with E-state index < -0.39 is 58.5 Å². The number of carbonyl (C=O) groups is 4. The molecular formula is C46H37BrClFN6O5. The summed E-state index contributed by atoms with van der Waals surface area (Å²) in [6.45, 7) is 0. The van der Waals surface area contributed by atoms with Crippen molar-refractivity contribution in [1.82, 2.24) is 5.01 Å². The summed E-state index contributed by atoms with van der Waals surface area (Å²) in [4.78, 5) is 62.5. The SMILES string of the molecule is CN(C)c1ccc(N=Nc2ccc(N3C(=O)C4CC=C5C(CC6C(=O)N(Nc7ccc(F)cc7)C(=O)C6(c6ccc(Cl)cc6)C5c5cc(Br)ccc5O)C4C3=O)cc2)cc1. The van der Waals surface area contributed by atoms with Crippen molar-refractivity contribution in [2.75, 3.05) is 29.3 Å². The molecule has 5 aromatic carbocycles. The molecule has 11 nitrogen and oxygen atoms in total. The molecule has 6 atom stereocenters. The Balaban J connectivity index is 1.11. The molecule has 4 amide bonds. The number of nitrogens with zero attached hydrogens (tertiary/aromatic N) is 5. The summed E-state index contributed by atoms with van der Waals surface area (Å²) < 4.78 is 14.6. The van der Waals surface area contributed by atoms with E-state index in [2.05, 4.69) is 31.6 Å². The van der Waals surface area contributed by atoms with E-state index in [1.165, 1.54) is 35.2 Å². The van der Waals surface area contributed by atoms with Crippen molar-refractivity contribution in [2.45, 2.75) is 24.2 Å². The second-order valence-electron chi connectivity index (χ2n) is 15.7. The quantitative estimate of drug-likeness (QED) is 0.0901. The van der Waals surface area contributed by atoms with Crippen LogP contribution in [0.5, 0.6) is 5.75 Å². The first kappa shape index (κ1) is 39.3. The number of amides is 4. The maximum absolute atomic E-state index is 15.3. The van der Waals surface area contributed by atoms with Crippen molar-refractivity contribution in [3.63, 3.8) is 0 Å². The van der Waals surface area contributed by atoms with E-state index in [9.17, 15) is 23.9 Å². The number of hydrogen-bond donors (Lipinski definition) is 2. The lowest BCUT2D eigenvalue weighted by atomic mass is 9.49. The molecule has 6 unspecified atom stereocenters. The van der Waals surface area contributed by atoms with Gasteiger partial charge in [-0.3, -0.25) is 29.5 Å². The highest BCUT2D eigenvalue weighted by Gasteiger charge is 2.70. The molecule has 9 rings (SSSR count). The third-order valence-electron chi connectivity index (χ3n) is 12.3. The van der Waals surface area contributed by atoms with E-state index in [1.54, 1.807) is 60.7 Å². The van der Waals surface area contributed by atoms with Crippen molar-refractivity contribution in [2.24, 2.45) is 33.9 Å². The number of fused-ring (bicyclic) bond motifs is 4. The van der Waals surface area contributed by atoms with Gasteiger partial charge in [0.25, 0.3) is 11.8 Å². The van der Waals surface area contributed by atoms with Crippen LogP contribution < -0.4 is 15.2 Å². The summed E-state index contributed by atoms with van der Waals surface area (Å²) in [6.07, 6.45) is 2.17. The van der Waals surface area contributed by atoms with Gasteiger partial charge in [0.1, 0.15) is 11.6 Å². The molecule has 2 N–H and O–H groups in total. The molecule has 4 aliphatic rings. The van der Waals surface area contributed by atoms with Crippen LogP contribution in [0.4, 0.5) is 32.8 Å². The fourth-order valence-corrected chi connectivity index (χ4v) is 10.1. The molecule has 0 spiro atoms. The minimum Gasteiger partial charge on any atom is -0.508 e. The first-order valence-corrected chi connectivity index (χ1v) is 20.6. The number of hydrogen-bond acceptors (Lipinski definition) is 9. The molecule has 2 heterocycles. The lowest BCUT2D eigenvalue weighted by molar-refractivity contribution is -0.138. The zero-order valence-corrected chi connectivity index (χ0v) is 34.6. The smallest absolute Gasteiger partial charge is 0.260 e. The number of halogens is 3. The molecule has 5 aromatic rings. The average Bonchev–Trinajstić information content (AvgIpc) is 3.62. The van der Waals surface area contributed by atoms with Gasteiger partial charge in [-0.1, -0.05) is 51.3 Å². The second kappa shape index (κ2) is 15.1. The highest BCUT2D eigenvalue weighted by molar-refractivity contribution is 9.10. The largest absolute Gasteiger partial charge is 0.508 e. The van der Waals surface area contributed by atoms with Gasteiger partial charge in [-0.2, -0.15) is 15.2 Å². The molecule has 0 bridgehead atoms. The van der Waals surface area contributed by atoms with E-state index >= 15 is 4.79 Å². The topological polar surface area (TPSA) is 135 Å². The fourth-order valence-electron chi connectivity index (χ4n) is 9.61. The van der Waals surface area contributed by atoms with Crippen LogP contribution in [0.25, 0.3) is 0 Å². The summed E-state index contributed by atoms with van der Waals surface area (Å²) >= 11 is 9.94. The van der Waals surface area contributed by atoms with Crippen LogP contribution in [-0.4, -0.2) is 47.8 Å². The number of benzene rings is 5. The number of azo groups is 1. The number of phenols is 1. The third-order valence-corrected chi connectivity index (χ3v) is 13.1. The van der Waals surface area contributed by atoms with Gasteiger partial charge in [0, 0.05) is 40.8 Å². The van der Waals surface area contributed by atoms with Crippen molar-refractivity contribution in [3.8, 4) is 5.75 Å². The number of allylic oxidation sites excluding steroid dienone is 2. The van der Waals surface area contributed by atoms with Gasteiger partial charge in [-0.25, -0.2) is 4.39 Å². The predicted molar refractivity (Wildman–Crippen MR) is 229 cm³/mol. The Bertz CT molecular complexity index is 2620. The van der Waals surface area contributed by atoms with Crippen molar-refractivity contribution >= 4 is 79.6 Å². The van der Waals surface area contributed by atoms with Crippen LogP contribution >= 0.6 is 27.5 Å². The van der Waals surface area contributed by atoms with Gasteiger partial charge in [0.2, 0.25) is 11.8 Å². The molecule has 60 heavy (non-hydrogen) atoms. The first-order valence-electron chi connectivity index (χ1n) is 19.4. The number of anilines is 3. The number of hydrazine groups is 1. The van der Waals surface area contributed by atoms with Crippen LogP contribution in [0, 0.1) is 29.5 Å². The maximum Gasteiger partial charge on any atom is 0.260 e. The Labute approximate surface area is 358 Å². The highest BCUT2D eigenvalue weighted by atomic mass is 79.9. The third kappa shape index (κ3) is 6.38. The Hall–Kier alpha value is -6.18. The van der Waals surface area contributed by atoms with Gasteiger partial charge >= 0.3 is 0 Å². The van der Waals surface area contributed by atoms with Gasteiger partial charge in [-0.15, -0.1) is 0 Å². The molecule has 1 saturated carbocycles. The van der Waals surface area contributed by atoms with Crippen molar-refractivity contribution < 1.29 is 28.7 Å². The summed E-state index contributed by atoms with van der Waals surface area (Å²) in [5.74, 6) is -6.79. The van der Waals surface area contributed by atoms with Crippen LogP contribution in [0.2, 0.25) is 5.02 Å². The molecule has 3 fully saturated rings. The van der Waals surface area contributed by atoms with Crippen LogP contribution in [-0.2, 0) is 24.6 Å². The number of imide groups is 2.